The third-order valence-electron chi connectivity index (χ3n) is 2.69. The molecule has 94 valence electrons. The highest BCUT2D eigenvalue weighted by Crippen LogP contribution is 2.24. The number of nitrogens with one attached hydrogen (secondary N) is 1. The molecule has 0 aliphatic heterocycles. The Morgan fingerprint density at radius 3 is 2.67 bits per heavy atom. The van der Waals surface area contributed by atoms with E-state index in [-0.39, 0.29) is 11.3 Å². The second kappa shape index (κ2) is 5.20. The van der Waals surface area contributed by atoms with Crippen LogP contribution in [-0.2, 0) is 0 Å². The molecule has 1 aromatic carbocycles. The van der Waals surface area contributed by atoms with Crippen LogP contribution in [0.2, 0.25) is 0 Å². The van der Waals surface area contributed by atoms with Crippen LogP contribution in [-0.4, -0.2) is 4.98 Å². The predicted octanol–water partition coefficient (Wildman–Crippen LogP) is 2.22. The summed E-state index contributed by atoms with van der Waals surface area (Å²) in [7, 11) is 0. The molecule has 2 aromatic rings. The van der Waals surface area contributed by atoms with Gasteiger partial charge in [0.15, 0.2) is 0 Å². The van der Waals surface area contributed by atoms with Crippen molar-refractivity contribution in [1.29, 1.82) is 0 Å². The van der Waals surface area contributed by atoms with E-state index >= 15 is 0 Å². The van der Waals surface area contributed by atoms with Gasteiger partial charge in [-0.2, -0.15) is 0 Å². The molecule has 0 amide bonds. The molecule has 0 spiro atoms. The van der Waals surface area contributed by atoms with Crippen molar-refractivity contribution in [1.82, 2.24) is 10.4 Å². The Hall–Kier alpha value is -1.85. The van der Waals surface area contributed by atoms with Crippen molar-refractivity contribution >= 4 is 0 Å². The Balaban J connectivity index is 2.52. The Kier molecular flexibility index (Phi) is 3.64. The number of pyridine rings is 1. The Labute approximate surface area is 104 Å². The van der Waals surface area contributed by atoms with E-state index in [0.29, 0.717) is 0 Å². The van der Waals surface area contributed by atoms with E-state index in [9.17, 15) is 8.78 Å². The molecule has 5 heteroatoms. The molecule has 0 bridgehead atoms. The van der Waals surface area contributed by atoms with Crippen molar-refractivity contribution in [3.05, 3.63) is 65.0 Å². The molecule has 3 nitrogen and oxygen atoms in total. The van der Waals surface area contributed by atoms with E-state index in [0.717, 1.165) is 5.56 Å². The molecular weight excluding hydrogens is 236 g/mol. The van der Waals surface area contributed by atoms with E-state index in [4.69, 9.17) is 5.84 Å². The van der Waals surface area contributed by atoms with Gasteiger partial charge in [-0.15, -0.1) is 0 Å². The van der Waals surface area contributed by atoms with Crippen LogP contribution in [0, 0.1) is 18.6 Å². The molecule has 1 atom stereocenters. The quantitative estimate of drug-likeness (QED) is 0.647. The fourth-order valence-corrected chi connectivity index (χ4v) is 1.81. The summed E-state index contributed by atoms with van der Waals surface area (Å²) in [6.45, 7) is 1.82. The maximum Gasteiger partial charge on any atom is 0.146 e. The summed E-state index contributed by atoms with van der Waals surface area (Å²) in [5, 5.41) is 0. The standard InChI is InChI=1S/C13H13F2N3/c1-8-4-5-10(14)9(7-8)12(18-16)13-11(15)3-2-6-17-13/h2-7,12,18H,16H2,1H3. The van der Waals surface area contributed by atoms with Gasteiger partial charge < -0.3 is 0 Å². The lowest BCUT2D eigenvalue weighted by Crippen LogP contribution is -2.31. The molecule has 3 N–H and O–H groups in total. The monoisotopic (exact) mass is 249 g/mol. The average Bonchev–Trinajstić information content (AvgIpc) is 2.36. The van der Waals surface area contributed by atoms with E-state index in [1.165, 1.54) is 24.4 Å². The molecule has 0 radical (unpaired) electrons. The van der Waals surface area contributed by atoms with Crippen LogP contribution < -0.4 is 11.3 Å². The number of hydrogen-bond acceptors (Lipinski definition) is 3. The number of nitrogens with zero attached hydrogens (tertiary/aromatic N) is 1. The van der Waals surface area contributed by atoms with Gasteiger partial charge in [0.25, 0.3) is 0 Å². The van der Waals surface area contributed by atoms with Gasteiger partial charge in [-0.25, -0.2) is 14.2 Å². The zero-order valence-electron chi connectivity index (χ0n) is 9.82. The Bertz CT molecular complexity index is 558. The van der Waals surface area contributed by atoms with Gasteiger partial charge in [0.1, 0.15) is 11.6 Å². The summed E-state index contributed by atoms with van der Waals surface area (Å²) in [6, 6.07) is 6.51. The minimum atomic E-state index is -0.814. The van der Waals surface area contributed by atoms with E-state index < -0.39 is 17.7 Å². The van der Waals surface area contributed by atoms with Crippen molar-refractivity contribution in [3.8, 4) is 0 Å². The summed E-state index contributed by atoms with van der Waals surface area (Å²) < 4.78 is 27.4. The van der Waals surface area contributed by atoms with Crippen LogP contribution in [0.15, 0.2) is 36.5 Å². The second-order valence-corrected chi connectivity index (χ2v) is 4.00. The fourth-order valence-electron chi connectivity index (χ4n) is 1.81. The van der Waals surface area contributed by atoms with Crippen molar-refractivity contribution in [2.45, 2.75) is 13.0 Å². The van der Waals surface area contributed by atoms with Crippen LogP contribution in [0.4, 0.5) is 8.78 Å². The molecule has 0 aliphatic rings. The number of hydrazine groups is 1. The molecule has 0 saturated carbocycles. The Morgan fingerprint density at radius 2 is 2.00 bits per heavy atom. The van der Waals surface area contributed by atoms with Crippen LogP contribution in [0.5, 0.6) is 0 Å². The highest BCUT2D eigenvalue weighted by atomic mass is 19.1. The number of rotatable bonds is 3. The first-order chi connectivity index (χ1) is 8.63. The summed E-state index contributed by atoms with van der Waals surface area (Å²) in [5.74, 6) is 4.42. The van der Waals surface area contributed by atoms with Crippen LogP contribution in [0.25, 0.3) is 0 Å². The first-order valence-corrected chi connectivity index (χ1v) is 5.46. The number of halogens is 2. The summed E-state index contributed by atoms with van der Waals surface area (Å²) >= 11 is 0. The minimum Gasteiger partial charge on any atom is -0.271 e. The zero-order chi connectivity index (χ0) is 13.1. The SMILES string of the molecule is Cc1ccc(F)c(C(NN)c2ncccc2F)c1. The van der Waals surface area contributed by atoms with Crippen LogP contribution >= 0.6 is 0 Å². The largest absolute Gasteiger partial charge is 0.271 e. The summed E-state index contributed by atoms with van der Waals surface area (Å²) in [6.07, 6.45) is 1.44. The second-order valence-electron chi connectivity index (χ2n) is 4.00. The van der Waals surface area contributed by atoms with Crippen LogP contribution in [0.3, 0.4) is 0 Å². The van der Waals surface area contributed by atoms with Gasteiger partial charge in [0.05, 0.1) is 11.7 Å². The number of aryl methyl sites for hydroxylation is 1. The van der Waals surface area contributed by atoms with E-state index in [2.05, 4.69) is 10.4 Å². The lowest BCUT2D eigenvalue weighted by atomic mass is 10.0. The van der Waals surface area contributed by atoms with Crippen LogP contribution in [0.1, 0.15) is 22.9 Å². The number of nitrogens with two attached hydrogens (primary N) is 1. The number of hydrogen-bond donors (Lipinski definition) is 2. The van der Waals surface area contributed by atoms with Gasteiger partial charge in [-0.3, -0.25) is 10.8 Å². The van der Waals surface area contributed by atoms with Gasteiger partial charge in [-0.1, -0.05) is 17.7 Å². The van der Waals surface area contributed by atoms with Gasteiger partial charge in [-0.05, 0) is 25.1 Å². The lowest BCUT2D eigenvalue weighted by molar-refractivity contribution is 0.518. The van der Waals surface area contributed by atoms with Gasteiger partial charge in [0.2, 0.25) is 0 Å². The summed E-state index contributed by atoms with van der Waals surface area (Å²) in [4.78, 5) is 3.91. The van der Waals surface area contributed by atoms with Crippen molar-refractivity contribution in [2.75, 3.05) is 0 Å². The highest BCUT2D eigenvalue weighted by molar-refractivity contribution is 5.32. The molecular formula is C13H13F2N3. The maximum absolute atomic E-state index is 13.8. The molecule has 1 aromatic heterocycles. The lowest BCUT2D eigenvalue weighted by Gasteiger charge is -2.17. The number of aromatic nitrogens is 1. The van der Waals surface area contributed by atoms with Crippen molar-refractivity contribution in [2.24, 2.45) is 5.84 Å². The van der Waals surface area contributed by atoms with Crippen molar-refractivity contribution in [3.63, 3.8) is 0 Å². The molecule has 2 rings (SSSR count). The smallest absolute Gasteiger partial charge is 0.146 e. The average molecular weight is 249 g/mol. The molecule has 0 fully saturated rings. The predicted molar refractivity (Wildman–Crippen MR) is 64.5 cm³/mol. The molecule has 0 aliphatic carbocycles. The third-order valence-corrected chi connectivity index (χ3v) is 2.69. The zero-order valence-corrected chi connectivity index (χ0v) is 9.82. The molecule has 1 unspecified atom stereocenters. The van der Waals surface area contributed by atoms with Crippen molar-refractivity contribution < 1.29 is 8.78 Å². The summed E-state index contributed by atoms with van der Waals surface area (Å²) in [5.41, 5.74) is 3.61. The van der Waals surface area contributed by atoms with E-state index in [1.54, 1.807) is 12.1 Å². The normalized spacial score (nSPS) is 12.4. The Morgan fingerprint density at radius 1 is 1.22 bits per heavy atom. The minimum absolute atomic E-state index is 0.0736. The molecule has 0 saturated heterocycles. The molecule has 1 heterocycles. The third kappa shape index (κ3) is 2.37. The molecule has 18 heavy (non-hydrogen) atoms. The number of benzene rings is 1. The topological polar surface area (TPSA) is 50.9 Å². The first-order valence-electron chi connectivity index (χ1n) is 5.46. The first kappa shape index (κ1) is 12.6. The maximum atomic E-state index is 13.8. The highest BCUT2D eigenvalue weighted by Gasteiger charge is 2.21. The van der Waals surface area contributed by atoms with Gasteiger partial charge in [0, 0.05) is 11.8 Å². The fraction of sp³-hybridized carbons (Fsp3) is 0.154. The van der Waals surface area contributed by atoms with E-state index in [1.807, 2.05) is 6.92 Å². The van der Waals surface area contributed by atoms with Gasteiger partial charge >= 0.3 is 0 Å².